The molecule has 0 bridgehead atoms. The van der Waals surface area contributed by atoms with Gasteiger partial charge in [-0.05, 0) is 47.5 Å². The number of rotatable bonds is 12. The zero-order valence-corrected chi connectivity index (χ0v) is 36.6. The van der Waals surface area contributed by atoms with E-state index in [0.717, 1.165) is 36.4 Å². The number of fused-ring (bicyclic) bond motifs is 2. The summed E-state index contributed by atoms with van der Waals surface area (Å²) in [5.41, 5.74) is -2.12. The van der Waals surface area contributed by atoms with Crippen molar-refractivity contribution in [2.24, 2.45) is 10.2 Å². The lowest BCUT2D eigenvalue weighted by molar-refractivity contribution is 0.103. The highest BCUT2D eigenvalue weighted by atomic mass is 32.2. The van der Waals surface area contributed by atoms with Crippen LogP contribution in [-0.2, 0) is 60.7 Å². The molecule has 0 fully saturated rings. The van der Waals surface area contributed by atoms with Gasteiger partial charge in [-0.25, -0.2) is 0 Å². The van der Waals surface area contributed by atoms with E-state index < -0.39 is 169 Å². The fourth-order valence-corrected chi connectivity index (χ4v) is 9.94. The van der Waals surface area contributed by atoms with Gasteiger partial charge in [0.1, 0.15) is 42.5 Å². The molecule has 0 aromatic heterocycles. The predicted octanol–water partition coefficient (Wildman–Crippen LogP) is 1.82. The number of benzene rings is 4. The van der Waals surface area contributed by atoms with Crippen LogP contribution in [-0.4, -0.2) is 111 Å². The van der Waals surface area contributed by atoms with E-state index in [9.17, 15) is 97.6 Å². The average Bonchev–Trinajstić information content (AvgIpc) is 3.16. The Hall–Kier alpha value is -6.56. The molecule has 0 saturated heterocycles. The number of carbonyl (C=O) groups is 2. The summed E-state index contributed by atoms with van der Waals surface area (Å²) >= 11 is 0. The van der Waals surface area contributed by atoms with Gasteiger partial charge in [0.15, 0.2) is 11.6 Å². The second kappa shape index (κ2) is 16.7. The number of ketones is 2. The molecule has 0 radical (unpaired) electrons. The van der Waals surface area contributed by atoms with Crippen LogP contribution in [0.4, 0.5) is 11.4 Å². The maximum atomic E-state index is 12.7. The normalized spacial score (nSPS) is 16.2. The van der Waals surface area contributed by atoms with Crippen LogP contribution in [0.25, 0.3) is 12.2 Å². The molecule has 32 heteroatoms. The molecule has 26 nitrogen and oxygen atoms in total. The van der Waals surface area contributed by atoms with Gasteiger partial charge in [-0.15, -0.1) is 0 Å². The first kappa shape index (κ1) is 48.9. The minimum Gasteiger partial charge on any atom is -0.507 e. The van der Waals surface area contributed by atoms with Crippen molar-refractivity contribution in [2.45, 2.75) is 19.6 Å². The number of anilines is 2. The summed E-state index contributed by atoms with van der Waals surface area (Å²) in [5, 5.41) is 28.2. The third kappa shape index (κ3) is 10.1. The number of allylic oxidation sites excluding steroid dienone is 4. The number of hydrogen-bond acceptors (Lipinski definition) is 20. The molecule has 4 aromatic carbocycles. The molecule has 4 aromatic rings. The average molecular weight is 1030 g/mol. The summed E-state index contributed by atoms with van der Waals surface area (Å²) in [6.07, 6.45) is 2.42. The Balaban J connectivity index is 1.39. The molecule has 2 aliphatic carbocycles. The largest absolute Gasteiger partial charge is 0.507 e. The number of phenolic OH excluding ortho intramolecular Hbond substituents is 2. The quantitative estimate of drug-likeness (QED) is 0.0549. The number of phenols is 2. The minimum atomic E-state index is -5.36. The molecular weight excluding hydrogens is 1010 g/mol. The summed E-state index contributed by atoms with van der Waals surface area (Å²) in [6.45, 7) is 0. The van der Waals surface area contributed by atoms with Gasteiger partial charge in [0, 0.05) is 35.4 Å². The lowest BCUT2D eigenvalue weighted by atomic mass is 9.93. The number of aromatic hydroxyl groups is 2. The zero-order valence-electron chi connectivity index (χ0n) is 31.7. The van der Waals surface area contributed by atoms with E-state index in [1.165, 1.54) is 0 Å². The van der Waals surface area contributed by atoms with Crippen molar-refractivity contribution < 1.29 is 97.6 Å². The van der Waals surface area contributed by atoms with E-state index in [2.05, 4.69) is 21.1 Å². The van der Waals surface area contributed by atoms with Crippen LogP contribution >= 0.6 is 0 Å². The fraction of sp³-hybridized carbons (Fsp3) is 0. The van der Waals surface area contributed by atoms with E-state index >= 15 is 0 Å². The Labute approximate surface area is 371 Å². The maximum Gasteiger partial charge on any atom is 0.296 e. The molecule has 0 atom stereocenters. The summed E-state index contributed by atoms with van der Waals surface area (Å²) in [6, 6.07) is 7.30. The SMILES string of the molecule is O=C1C=C(S(=O)(=O)O)/C(=N\Nc2ccc(/C=C/c3ccc(N/N=C4/C(S(=O)(=O)O)=CC(=O)c5c(O)cc(S(=O)(=O)O)cc54)cc3S(=O)(=O)O)c(S(=O)(=O)O)c2)c2cc(S(=O)(=O)O)cc(O)c21. The van der Waals surface area contributed by atoms with Crippen LogP contribution in [0, 0.1) is 0 Å². The molecule has 0 aliphatic heterocycles. The first-order chi connectivity index (χ1) is 30.2. The molecule has 2 aliphatic rings. The van der Waals surface area contributed by atoms with Gasteiger partial charge >= 0.3 is 0 Å². The van der Waals surface area contributed by atoms with Crippen molar-refractivity contribution in [3.8, 4) is 11.5 Å². The van der Waals surface area contributed by atoms with Crippen molar-refractivity contribution in [3.63, 3.8) is 0 Å². The molecule has 0 unspecified atom stereocenters. The van der Waals surface area contributed by atoms with Gasteiger partial charge in [0.05, 0.1) is 32.3 Å². The molecule has 0 amide bonds. The standard InChI is InChI=1S/C34H24N4O22S6/c39-23-11-19(61(43,44)45)9-21-31(23)25(41)13-29(65(55,56)57)33(21)37-35-17-5-3-15(27(7-17)63(49,50)51)1-2-16-4-6-18(8-28(16)64(52,53)54)36-38-34-22-10-20(62(46,47)48)12-24(40)32(22)26(42)14-30(34)66(58,59)60/h1-14,35-36,39-40H,(H,43,44,45)(H,46,47,48)(H,49,50,51)(H,52,53,54)(H,55,56,57)(H,58,59,60)/b2-1+,37-33-,38-34+. The van der Waals surface area contributed by atoms with E-state index in [1.807, 2.05) is 0 Å². The van der Waals surface area contributed by atoms with E-state index in [4.69, 9.17) is 0 Å². The Kier molecular flexibility index (Phi) is 12.4. The highest BCUT2D eigenvalue weighted by Gasteiger charge is 2.36. The Morgan fingerprint density at radius 1 is 0.439 bits per heavy atom. The number of hydrazone groups is 2. The van der Waals surface area contributed by atoms with Crippen LogP contribution in [0.3, 0.4) is 0 Å². The topological polar surface area (TPSA) is 450 Å². The van der Waals surface area contributed by atoms with Crippen molar-refractivity contribution in [2.75, 3.05) is 10.9 Å². The van der Waals surface area contributed by atoms with Gasteiger partial charge < -0.3 is 10.2 Å². The number of nitrogens with zero attached hydrogens (tertiary/aromatic N) is 2. The predicted molar refractivity (Wildman–Crippen MR) is 226 cm³/mol. The van der Waals surface area contributed by atoms with E-state index in [0.29, 0.717) is 48.6 Å². The van der Waals surface area contributed by atoms with E-state index in [-0.39, 0.29) is 0 Å². The Morgan fingerprint density at radius 3 is 1.06 bits per heavy atom. The number of carbonyl (C=O) groups excluding carboxylic acids is 2. The van der Waals surface area contributed by atoms with Crippen LogP contribution in [0.1, 0.15) is 43.0 Å². The molecule has 66 heavy (non-hydrogen) atoms. The molecule has 0 spiro atoms. The number of nitrogens with one attached hydrogen (secondary N) is 2. The molecule has 10 N–H and O–H groups in total. The Morgan fingerprint density at radius 2 is 0.773 bits per heavy atom. The highest BCUT2D eigenvalue weighted by Crippen LogP contribution is 2.36. The van der Waals surface area contributed by atoms with Gasteiger partial charge in [0.2, 0.25) is 0 Å². The number of hydrogen-bond donors (Lipinski definition) is 10. The molecule has 348 valence electrons. The zero-order chi connectivity index (χ0) is 49.3. The molecule has 0 heterocycles. The van der Waals surface area contributed by atoms with Crippen molar-refractivity contribution >= 4 is 107 Å². The third-order valence-corrected chi connectivity index (χ3v) is 14.2. The summed E-state index contributed by atoms with van der Waals surface area (Å²) in [7, 11) is -31.4. The van der Waals surface area contributed by atoms with Crippen molar-refractivity contribution in [1.29, 1.82) is 0 Å². The summed E-state index contributed by atoms with van der Waals surface area (Å²) < 4.78 is 205. The Bertz CT molecular complexity index is 3500. The monoisotopic (exact) mass is 1030 g/mol. The van der Waals surface area contributed by atoms with Crippen molar-refractivity contribution in [1.82, 2.24) is 0 Å². The van der Waals surface area contributed by atoms with Gasteiger partial charge in [0.25, 0.3) is 60.7 Å². The van der Waals surface area contributed by atoms with Crippen LogP contribution in [0.5, 0.6) is 11.5 Å². The summed E-state index contributed by atoms with van der Waals surface area (Å²) in [5.74, 6) is -4.64. The maximum absolute atomic E-state index is 12.7. The van der Waals surface area contributed by atoms with Gasteiger partial charge in [-0.1, -0.05) is 24.3 Å². The molecule has 6 rings (SSSR count). The minimum absolute atomic E-state index is 0.312. The lowest BCUT2D eigenvalue weighted by Crippen LogP contribution is -2.24. The van der Waals surface area contributed by atoms with Gasteiger partial charge in [-0.3, -0.25) is 47.8 Å². The van der Waals surface area contributed by atoms with Crippen LogP contribution < -0.4 is 10.9 Å². The molecular formula is C34H24N4O22S6. The highest BCUT2D eigenvalue weighted by molar-refractivity contribution is 7.91. The first-order valence-corrected chi connectivity index (χ1v) is 25.6. The van der Waals surface area contributed by atoms with Gasteiger partial charge in [-0.2, -0.15) is 60.7 Å². The third-order valence-electron chi connectivity index (χ3n) is 8.95. The van der Waals surface area contributed by atoms with Crippen LogP contribution in [0.2, 0.25) is 0 Å². The summed E-state index contributed by atoms with van der Waals surface area (Å²) in [4.78, 5) is 18.9. The van der Waals surface area contributed by atoms with Crippen LogP contribution in [0.15, 0.2) is 112 Å². The smallest absolute Gasteiger partial charge is 0.296 e. The van der Waals surface area contributed by atoms with Crippen molar-refractivity contribution in [3.05, 3.63) is 116 Å². The first-order valence-electron chi connectivity index (χ1n) is 16.9. The fourth-order valence-electron chi connectivity index (χ4n) is 6.15. The second-order valence-corrected chi connectivity index (χ2v) is 21.7. The lowest BCUT2D eigenvalue weighted by Gasteiger charge is -2.19. The van der Waals surface area contributed by atoms with E-state index in [1.54, 1.807) is 0 Å². The molecule has 0 saturated carbocycles. The second-order valence-electron chi connectivity index (χ2n) is 13.3.